The van der Waals surface area contributed by atoms with Crippen LogP contribution in [0.3, 0.4) is 0 Å². The van der Waals surface area contributed by atoms with Crippen LogP contribution >= 0.6 is 0 Å². The lowest BCUT2D eigenvalue weighted by Gasteiger charge is -2.29. The molecule has 1 aliphatic rings. The molecule has 14 heteroatoms. The standard InChI is InChI=1S/C17H27N5O9/c18-8(3-4-12(19)24)14(27)21-10(7-23)16(29)22-5-1-2-11(22)15(28)20-9(17(30)31)6-13(25)26/h8-11,23H,1-7,18H2,(H2,19,24)(H,20,28)(H,21,27)(H,25,26)(H,30,31). The average Bonchev–Trinajstić information content (AvgIpc) is 3.18. The fourth-order valence-electron chi connectivity index (χ4n) is 3.04. The average molecular weight is 445 g/mol. The SMILES string of the molecule is NC(=O)CCC(N)C(=O)NC(CO)C(=O)N1CCCC1C(=O)NC(CC(=O)O)C(=O)O. The van der Waals surface area contributed by atoms with Gasteiger partial charge in [-0.25, -0.2) is 4.79 Å². The molecule has 0 spiro atoms. The van der Waals surface area contributed by atoms with Crippen LogP contribution < -0.4 is 22.1 Å². The van der Waals surface area contributed by atoms with E-state index in [1.54, 1.807) is 0 Å². The summed E-state index contributed by atoms with van der Waals surface area (Å²) in [5.74, 6) is -6.09. The van der Waals surface area contributed by atoms with Gasteiger partial charge in [-0.2, -0.15) is 0 Å². The largest absolute Gasteiger partial charge is 0.481 e. The molecule has 31 heavy (non-hydrogen) atoms. The number of primary amides is 1. The number of carboxylic acid groups (broad SMARTS) is 2. The highest BCUT2D eigenvalue weighted by Gasteiger charge is 2.39. The second-order valence-electron chi connectivity index (χ2n) is 7.04. The van der Waals surface area contributed by atoms with Crippen LogP contribution in [-0.2, 0) is 28.8 Å². The third-order valence-electron chi connectivity index (χ3n) is 4.67. The molecule has 9 N–H and O–H groups in total. The lowest BCUT2D eigenvalue weighted by atomic mass is 10.1. The van der Waals surface area contributed by atoms with E-state index in [4.69, 9.17) is 21.7 Å². The van der Waals surface area contributed by atoms with E-state index in [0.717, 1.165) is 4.90 Å². The number of nitrogens with two attached hydrogens (primary N) is 2. The molecule has 1 fully saturated rings. The maximum absolute atomic E-state index is 12.8. The molecular formula is C17H27N5O9. The van der Waals surface area contributed by atoms with Gasteiger partial charge in [-0.05, 0) is 19.3 Å². The first-order valence-corrected chi connectivity index (χ1v) is 9.48. The second-order valence-corrected chi connectivity index (χ2v) is 7.04. The van der Waals surface area contributed by atoms with Crippen LogP contribution in [0.2, 0.25) is 0 Å². The molecule has 0 saturated carbocycles. The Hall–Kier alpha value is -3.26. The molecule has 1 heterocycles. The lowest BCUT2D eigenvalue weighted by Crippen LogP contribution is -2.57. The van der Waals surface area contributed by atoms with Crippen molar-refractivity contribution in [1.82, 2.24) is 15.5 Å². The molecule has 174 valence electrons. The van der Waals surface area contributed by atoms with Crippen LogP contribution in [0.5, 0.6) is 0 Å². The van der Waals surface area contributed by atoms with Gasteiger partial charge in [-0.15, -0.1) is 0 Å². The van der Waals surface area contributed by atoms with Crippen molar-refractivity contribution < 1.29 is 44.1 Å². The Morgan fingerprint density at radius 2 is 1.71 bits per heavy atom. The van der Waals surface area contributed by atoms with Gasteiger partial charge in [-0.1, -0.05) is 0 Å². The Labute approximate surface area is 176 Å². The van der Waals surface area contributed by atoms with Crippen molar-refractivity contribution in [3.05, 3.63) is 0 Å². The number of carbonyl (C=O) groups is 6. The predicted molar refractivity (Wildman–Crippen MR) is 102 cm³/mol. The number of aliphatic hydroxyl groups is 1. The van der Waals surface area contributed by atoms with Gasteiger partial charge < -0.3 is 42.3 Å². The van der Waals surface area contributed by atoms with Gasteiger partial charge >= 0.3 is 11.9 Å². The topological polar surface area (TPSA) is 242 Å². The minimum Gasteiger partial charge on any atom is -0.481 e. The number of nitrogens with one attached hydrogen (secondary N) is 2. The van der Waals surface area contributed by atoms with Gasteiger partial charge in [-0.3, -0.25) is 24.0 Å². The van der Waals surface area contributed by atoms with Crippen LogP contribution in [0.25, 0.3) is 0 Å². The summed E-state index contributed by atoms with van der Waals surface area (Å²) in [4.78, 5) is 71.1. The molecule has 4 atom stereocenters. The third-order valence-corrected chi connectivity index (χ3v) is 4.67. The highest BCUT2D eigenvalue weighted by Crippen LogP contribution is 2.19. The van der Waals surface area contributed by atoms with Crippen molar-refractivity contribution in [2.24, 2.45) is 11.5 Å². The Morgan fingerprint density at radius 1 is 1.06 bits per heavy atom. The molecule has 4 unspecified atom stereocenters. The Kier molecular flexibility index (Phi) is 9.82. The fraction of sp³-hybridized carbons (Fsp3) is 0.647. The number of nitrogens with zero attached hydrogens (tertiary/aromatic N) is 1. The summed E-state index contributed by atoms with van der Waals surface area (Å²) in [6, 6.07) is -5.36. The van der Waals surface area contributed by atoms with Gasteiger partial charge in [0.15, 0.2) is 0 Å². The van der Waals surface area contributed by atoms with Crippen molar-refractivity contribution in [2.75, 3.05) is 13.2 Å². The molecule has 1 saturated heterocycles. The van der Waals surface area contributed by atoms with E-state index in [0.29, 0.717) is 6.42 Å². The van der Waals surface area contributed by atoms with Crippen LogP contribution in [0.15, 0.2) is 0 Å². The van der Waals surface area contributed by atoms with Crippen molar-refractivity contribution in [3.8, 4) is 0 Å². The maximum Gasteiger partial charge on any atom is 0.326 e. The molecular weight excluding hydrogens is 418 g/mol. The van der Waals surface area contributed by atoms with E-state index in [9.17, 15) is 33.9 Å². The van der Waals surface area contributed by atoms with E-state index < -0.39 is 72.8 Å². The molecule has 0 aromatic rings. The number of aliphatic hydroxyl groups excluding tert-OH is 1. The fourth-order valence-corrected chi connectivity index (χ4v) is 3.04. The number of carbonyl (C=O) groups excluding carboxylic acids is 4. The zero-order valence-electron chi connectivity index (χ0n) is 16.7. The molecule has 1 aliphatic heterocycles. The zero-order chi connectivity index (χ0) is 23.7. The normalized spacial score (nSPS) is 18.5. The first kappa shape index (κ1) is 25.8. The summed E-state index contributed by atoms with van der Waals surface area (Å²) >= 11 is 0. The van der Waals surface area contributed by atoms with Gasteiger partial charge in [0, 0.05) is 13.0 Å². The Balaban J connectivity index is 2.81. The highest BCUT2D eigenvalue weighted by atomic mass is 16.4. The quantitative estimate of drug-likeness (QED) is 0.154. The van der Waals surface area contributed by atoms with Crippen LogP contribution in [0.4, 0.5) is 0 Å². The Morgan fingerprint density at radius 3 is 2.23 bits per heavy atom. The smallest absolute Gasteiger partial charge is 0.326 e. The number of hydrogen-bond donors (Lipinski definition) is 7. The monoisotopic (exact) mass is 445 g/mol. The van der Waals surface area contributed by atoms with Crippen molar-refractivity contribution in [3.63, 3.8) is 0 Å². The summed E-state index contributed by atoms with van der Waals surface area (Å²) in [5.41, 5.74) is 10.6. The molecule has 0 aromatic heterocycles. The Bertz CT molecular complexity index is 729. The van der Waals surface area contributed by atoms with Crippen LogP contribution in [0, 0.1) is 0 Å². The van der Waals surface area contributed by atoms with Crippen LogP contribution in [-0.4, -0.2) is 93.1 Å². The number of amides is 4. The first-order valence-electron chi connectivity index (χ1n) is 9.48. The van der Waals surface area contributed by atoms with E-state index in [-0.39, 0.29) is 25.8 Å². The van der Waals surface area contributed by atoms with Gasteiger partial charge in [0.2, 0.25) is 23.6 Å². The molecule has 1 rings (SSSR count). The summed E-state index contributed by atoms with van der Waals surface area (Å²) in [5, 5.41) is 31.7. The van der Waals surface area contributed by atoms with Crippen molar-refractivity contribution in [2.45, 2.75) is 56.3 Å². The number of hydrogen-bond acceptors (Lipinski definition) is 8. The number of rotatable bonds is 12. The van der Waals surface area contributed by atoms with Crippen molar-refractivity contribution in [1.29, 1.82) is 0 Å². The molecule has 0 aliphatic carbocycles. The highest BCUT2D eigenvalue weighted by molar-refractivity contribution is 5.95. The minimum atomic E-state index is -1.68. The van der Waals surface area contributed by atoms with E-state index in [2.05, 4.69) is 10.6 Å². The molecule has 4 amide bonds. The van der Waals surface area contributed by atoms with Gasteiger partial charge in [0.05, 0.1) is 19.1 Å². The predicted octanol–water partition coefficient (Wildman–Crippen LogP) is -3.91. The second kappa shape index (κ2) is 11.8. The van der Waals surface area contributed by atoms with E-state index >= 15 is 0 Å². The minimum absolute atomic E-state index is 0.0671. The summed E-state index contributed by atoms with van der Waals surface area (Å²) < 4.78 is 0. The lowest BCUT2D eigenvalue weighted by molar-refractivity contribution is -0.148. The van der Waals surface area contributed by atoms with Gasteiger partial charge in [0.25, 0.3) is 0 Å². The molecule has 14 nitrogen and oxygen atoms in total. The molecule has 0 aromatic carbocycles. The summed E-state index contributed by atoms with van der Waals surface area (Å²) in [6.07, 6.45) is -0.490. The van der Waals surface area contributed by atoms with Crippen LogP contribution in [0.1, 0.15) is 32.1 Å². The molecule has 0 radical (unpaired) electrons. The molecule has 0 bridgehead atoms. The first-order chi connectivity index (χ1) is 14.5. The van der Waals surface area contributed by atoms with Gasteiger partial charge in [0.1, 0.15) is 18.1 Å². The van der Waals surface area contributed by atoms with Crippen molar-refractivity contribution >= 4 is 35.6 Å². The van der Waals surface area contributed by atoms with E-state index in [1.807, 2.05) is 0 Å². The maximum atomic E-state index is 12.8. The van der Waals surface area contributed by atoms with E-state index in [1.165, 1.54) is 0 Å². The number of aliphatic carboxylic acids is 2. The summed E-state index contributed by atoms with van der Waals surface area (Å²) in [7, 11) is 0. The third kappa shape index (κ3) is 7.82. The summed E-state index contributed by atoms with van der Waals surface area (Å²) in [6.45, 7) is -0.692. The number of carboxylic acids is 2. The zero-order valence-corrected chi connectivity index (χ0v) is 16.7. The number of likely N-dealkylation sites (tertiary alicyclic amines) is 1.